The Morgan fingerprint density at radius 2 is 1.82 bits per heavy atom. The molecular weight excluding hydrogens is 423 g/mol. The number of aromatic nitrogens is 4. The lowest BCUT2D eigenvalue weighted by molar-refractivity contribution is 0.0950. The van der Waals surface area contributed by atoms with Crippen molar-refractivity contribution in [2.45, 2.75) is 45.9 Å². The summed E-state index contributed by atoms with van der Waals surface area (Å²) in [6.45, 7) is 5.03. The highest BCUT2D eigenvalue weighted by Gasteiger charge is 2.24. The number of imidazole rings is 1. The van der Waals surface area contributed by atoms with Crippen molar-refractivity contribution < 1.29 is 9.13 Å². The number of aryl methyl sites for hydroxylation is 2. The summed E-state index contributed by atoms with van der Waals surface area (Å²) in [5, 5.41) is 0. The molecule has 0 N–H and O–H groups in total. The molecule has 1 unspecified atom stereocenters. The number of fused-ring (bicyclic) bond motifs is 1. The number of nitrogens with zero attached hydrogens (tertiary/aromatic N) is 4. The number of benzene rings is 2. The maximum absolute atomic E-state index is 13.7. The van der Waals surface area contributed by atoms with Crippen LogP contribution in [0.5, 0.6) is 0 Å². The molecule has 0 radical (unpaired) electrons. The summed E-state index contributed by atoms with van der Waals surface area (Å²) in [4.78, 5) is 31.8. The fourth-order valence-corrected chi connectivity index (χ4v) is 4.60. The summed E-state index contributed by atoms with van der Waals surface area (Å²) in [6.07, 6.45) is 3.11. The van der Waals surface area contributed by atoms with Crippen molar-refractivity contribution in [2.75, 3.05) is 6.61 Å². The van der Waals surface area contributed by atoms with E-state index in [1.54, 1.807) is 23.0 Å². The molecule has 5 rings (SSSR count). The van der Waals surface area contributed by atoms with Crippen molar-refractivity contribution >= 4 is 11.2 Å². The first-order chi connectivity index (χ1) is 15.9. The number of hydrogen-bond donors (Lipinski definition) is 0. The highest BCUT2D eigenvalue weighted by molar-refractivity contribution is 5.73. The van der Waals surface area contributed by atoms with Crippen LogP contribution in [0.15, 0.2) is 58.4 Å². The Kier molecular flexibility index (Phi) is 5.46. The molecule has 1 aliphatic heterocycles. The molecule has 170 valence electrons. The normalized spacial score (nSPS) is 16.0. The molecule has 1 aliphatic rings. The van der Waals surface area contributed by atoms with Gasteiger partial charge >= 0.3 is 5.69 Å². The van der Waals surface area contributed by atoms with Gasteiger partial charge in [0.1, 0.15) is 5.82 Å². The molecule has 2 aromatic carbocycles. The highest BCUT2D eigenvalue weighted by Crippen LogP contribution is 2.21. The van der Waals surface area contributed by atoms with E-state index in [-0.39, 0.29) is 18.5 Å². The standard InChI is InChI=1S/C25H25FN4O3/c1-16-5-3-6-17(2)21(16)30-23-22(24(31)29(25(30)32)14-20-7-4-12-33-20)28(15-27-23)13-18-8-10-19(26)11-9-18/h3,5-6,8-11,15,20H,4,7,12-14H2,1-2H3. The van der Waals surface area contributed by atoms with E-state index >= 15 is 0 Å². The van der Waals surface area contributed by atoms with Gasteiger partial charge < -0.3 is 9.30 Å². The monoisotopic (exact) mass is 448 g/mol. The molecule has 0 aliphatic carbocycles. The molecule has 7 nitrogen and oxygen atoms in total. The van der Waals surface area contributed by atoms with Crippen molar-refractivity contribution in [3.05, 3.63) is 92.1 Å². The summed E-state index contributed by atoms with van der Waals surface area (Å²) in [5.74, 6) is -0.322. The predicted molar refractivity (Wildman–Crippen MR) is 124 cm³/mol. The zero-order chi connectivity index (χ0) is 23.1. The minimum Gasteiger partial charge on any atom is -0.376 e. The lowest BCUT2D eigenvalue weighted by Crippen LogP contribution is -2.42. The van der Waals surface area contributed by atoms with Crippen molar-refractivity contribution in [1.82, 2.24) is 18.7 Å². The minimum atomic E-state index is -0.424. The van der Waals surface area contributed by atoms with E-state index in [0.29, 0.717) is 24.3 Å². The first kappa shape index (κ1) is 21.3. The average Bonchev–Trinajstić information content (AvgIpc) is 3.45. The first-order valence-electron chi connectivity index (χ1n) is 11.1. The van der Waals surface area contributed by atoms with Gasteiger partial charge in [-0.1, -0.05) is 30.3 Å². The van der Waals surface area contributed by atoms with Gasteiger partial charge in [0.2, 0.25) is 0 Å². The van der Waals surface area contributed by atoms with Crippen LogP contribution in [0.3, 0.4) is 0 Å². The Labute approximate surface area is 189 Å². The summed E-state index contributed by atoms with van der Waals surface area (Å²) < 4.78 is 23.6. The Morgan fingerprint density at radius 3 is 2.48 bits per heavy atom. The lowest BCUT2D eigenvalue weighted by Gasteiger charge is -2.17. The maximum atomic E-state index is 13.7. The highest BCUT2D eigenvalue weighted by atomic mass is 19.1. The van der Waals surface area contributed by atoms with Crippen LogP contribution >= 0.6 is 0 Å². The van der Waals surface area contributed by atoms with Gasteiger partial charge in [-0.3, -0.25) is 9.36 Å². The summed E-state index contributed by atoms with van der Waals surface area (Å²) >= 11 is 0. The molecular formula is C25H25FN4O3. The van der Waals surface area contributed by atoms with E-state index < -0.39 is 11.2 Å². The van der Waals surface area contributed by atoms with Crippen LogP contribution in [0.4, 0.5) is 4.39 Å². The average molecular weight is 448 g/mol. The second kappa shape index (κ2) is 8.44. The lowest BCUT2D eigenvalue weighted by atomic mass is 10.1. The smallest absolute Gasteiger partial charge is 0.337 e. The molecule has 1 fully saturated rings. The first-order valence-corrected chi connectivity index (χ1v) is 11.1. The van der Waals surface area contributed by atoms with Gasteiger partial charge in [-0.15, -0.1) is 0 Å². The van der Waals surface area contributed by atoms with Crippen molar-refractivity contribution in [3.8, 4) is 5.69 Å². The van der Waals surface area contributed by atoms with Gasteiger partial charge in [0, 0.05) is 13.2 Å². The van der Waals surface area contributed by atoms with Crippen LogP contribution in [0.25, 0.3) is 16.9 Å². The van der Waals surface area contributed by atoms with Gasteiger partial charge in [0.05, 0.1) is 24.7 Å². The second-order valence-corrected chi connectivity index (χ2v) is 8.58. The molecule has 1 atom stereocenters. The van der Waals surface area contributed by atoms with Gasteiger partial charge in [-0.05, 0) is 55.5 Å². The van der Waals surface area contributed by atoms with E-state index in [9.17, 15) is 14.0 Å². The molecule has 8 heteroatoms. The Bertz CT molecular complexity index is 1420. The van der Waals surface area contributed by atoms with Crippen LogP contribution in [0, 0.1) is 19.7 Å². The van der Waals surface area contributed by atoms with Gasteiger partial charge in [-0.25, -0.2) is 18.7 Å². The Hall–Kier alpha value is -3.52. The van der Waals surface area contributed by atoms with E-state index in [1.165, 1.54) is 21.3 Å². The zero-order valence-electron chi connectivity index (χ0n) is 18.6. The summed E-state index contributed by atoms with van der Waals surface area (Å²) in [6, 6.07) is 11.9. The molecule has 0 spiro atoms. The van der Waals surface area contributed by atoms with E-state index in [2.05, 4.69) is 4.98 Å². The number of halogens is 1. The quantitative estimate of drug-likeness (QED) is 0.470. The van der Waals surface area contributed by atoms with Gasteiger partial charge in [0.15, 0.2) is 11.2 Å². The summed E-state index contributed by atoms with van der Waals surface area (Å²) in [7, 11) is 0. The van der Waals surface area contributed by atoms with E-state index in [0.717, 1.165) is 35.2 Å². The molecule has 4 aromatic rings. The fraction of sp³-hybridized carbons (Fsp3) is 0.320. The third kappa shape index (κ3) is 3.80. The molecule has 0 bridgehead atoms. The number of ether oxygens (including phenoxy) is 1. The van der Waals surface area contributed by atoms with Crippen molar-refractivity contribution in [2.24, 2.45) is 0 Å². The topological polar surface area (TPSA) is 71.1 Å². The third-order valence-corrected chi connectivity index (χ3v) is 6.24. The molecule has 1 saturated heterocycles. The molecule has 33 heavy (non-hydrogen) atoms. The maximum Gasteiger partial charge on any atom is 0.337 e. The van der Waals surface area contributed by atoms with Crippen LogP contribution in [-0.2, 0) is 17.8 Å². The van der Waals surface area contributed by atoms with Gasteiger partial charge in [-0.2, -0.15) is 0 Å². The predicted octanol–water partition coefficient (Wildman–Crippen LogP) is 3.33. The SMILES string of the molecule is Cc1cccc(C)c1-n1c(=O)n(CC2CCCO2)c(=O)c2c1ncn2Cc1ccc(F)cc1. The van der Waals surface area contributed by atoms with Crippen molar-refractivity contribution in [1.29, 1.82) is 0 Å². The Morgan fingerprint density at radius 1 is 1.09 bits per heavy atom. The minimum absolute atomic E-state index is 0.173. The Balaban J connectivity index is 1.76. The molecule has 2 aromatic heterocycles. The number of hydrogen-bond acceptors (Lipinski definition) is 4. The molecule has 3 heterocycles. The van der Waals surface area contributed by atoms with Gasteiger partial charge in [0.25, 0.3) is 5.56 Å². The molecule has 0 saturated carbocycles. The third-order valence-electron chi connectivity index (χ3n) is 6.24. The number of para-hydroxylation sites is 1. The van der Waals surface area contributed by atoms with E-state index in [1.807, 2.05) is 32.0 Å². The van der Waals surface area contributed by atoms with Crippen LogP contribution < -0.4 is 11.2 Å². The fourth-order valence-electron chi connectivity index (χ4n) is 4.60. The van der Waals surface area contributed by atoms with Crippen LogP contribution in [-0.4, -0.2) is 31.4 Å². The summed E-state index contributed by atoms with van der Waals surface area (Å²) in [5.41, 5.74) is 3.20. The second-order valence-electron chi connectivity index (χ2n) is 8.58. The van der Waals surface area contributed by atoms with Crippen LogP contribution in [0.2, 0.25) is 0 Å². The van der Waals surface area contributed by atoms with Crippen LogP contribution in [0.1, 0.15) is 29.5 Å². The van der Waals surface area contributed by atoms with E-state index in [4.69, 9.17) is 4.74 Å². The largest absolute Gasteiger partial charge is 0.376 e. The zero-order valence-corrected chi connectivity index (χ0v) is 18.6. The number of rotatable bonds is 5. The van der Waals surface area contributed by atoms with Crippen molar-refractivity contribution in [3.63, 3.8) is 0 Å². The molecule has 0 amide bonds.